The van der Waals surface area contributed by atoms with E-state index in [0.717, 1.165) is 16.9 Å². The predicted molar refractivity (Wildman–Crippen MR) is 100 cm³/mol. The molecule has 0 radical (unpaired) electrons. The number of hydrogen-bond donors (Lipinski definition) is 1. The van der Waals surface area contributed by atoms with Crippen LogP contribution in [0.2, 0.25) is 0 Å². The highest BCUT2D eigenvalue weighted by Crippen LogP contribution is 2.32. The molecule has 130 valence electrons. The highest BCUT2D eigenvalue weighted by molar-refractivity contribution is 6.00. The average molecular weight is 335 g/mol. The zero-order chi connectivity index (χ0) is 17.8. The molecule has 0 saturated heterocycles. The van der Waals surface area contributed by atoms with Crippen LogP contribution in [0.15, 0.2) is 30.3 Å². The lowest BCUT2D eigenvalue weighted by Gasteiger charge is -2.26. The Kier molecular flexibility index (Phi) is 5.23. The van der Waals surface area contributed by atoms with Gasteiger partial charge in [0.25, 0.3) is 0 Å². The third-order valence-electron chi connectivity index (χ3n) is 5.19. The minimum absolute atomic E-state index is 0.111. The van der Waals surface area contributed by atoms with E-state index in [1.807, 2.05) is 18.2 Å². The first-order valence-corrected chi connectivity index (χ1v) is 9.06. The molecule has 4 heteroatoms. The third kappa shape index (κ3) is 3.76. The largest absolute Gasteiger partial charge is 0.378 e. The number of benzene rings is 1. The lowest BCUT2D eigenvalue weighted by Crippen LogP contribution is -2.17. The Bertz CT molecular complexity index is 790. The number of nitrogens with one attached hydrogen (secondary N) is 1. The van der Waals surface area contributed by atoms with Crippen LogP contribution in [0.3, 0.4) is 0 Å². The molecule has 0 bridgehead atoms. The molecule has 0 amide bonds. The number of ketones is 1. The first-order valence-electron chi connectivity index (χ1n) is 9.06. The fourth-order valence-electron chi connectivity index (χ4n) is 3.90. The second-order valence-corrected chi connectivity index (χ2v) is 6.91. The average Bonchev–Trinajstić information content (AvgIpc) is 2.95. The van der Waals surface area contributed by atoms with Crippen LogP contribution < -0.4 is 5.32 Å². The quantitative estimate of drug-likeness (QED) is 0.800. The van der Waals surface area contributed by atoms with Crippen LogP contribution in [0.5, 0.6) is 0 Å². The van der Waals surface area contributed by atoms with E-state index in [-0.39, 0.29) is 12.3 Å². The van der Waals surface area contributed by atoms with Gasteiger partial charge in [0.2, 0.25) is 0 Å². The van der Waals surface area contributed by atoms with Gasteiger partial charge in [0.05, 0.1) is 18.2 Å². The number of aromatic nitrogens is 1. The number of rotatable bonds is 5. The second-order valence-electron chi connectivity index (χ2n) is 6.91. The number of nitrogens with zero attached hydrogens (tertiary/aromatic N) is 2. The minimum Gasteiger partial charge on any atom is -0.378 e. The van der Waals surface area contributed by atoms with Crippen LogP contribution in [0.1, 0.15) is 65.5 Å². The second kappa shape index (κ2) is 7.57. The number of nitriles is 1. The molecule has 0 atom stereocenters. The molecule has 1 saturated carbocycles. The molecular weight excluding hydrogens is 310 g/mol. The summed E-state index contributed by atoms with van der Waals surface area (Å²) in [5, 5.41) is 12.0. The van der Waals surface area contributed by atoms with Crippen LogP contribution in [0.4, 0.5) is 5.69 Å². The number of aryl methyl sites for hydroxylation is 1. The Morgan fingerprint density at radius 1 is 1.20 bits per heavy atom. The van der Waals surface area contributed by atoms with Gasteiger partial charge in [-0.25, -0.2) is 0 Å². The Hall–Kier alpha value is -2.54. The van der Waals surface area contributed by atoms with Crippen molar-refractivity contribution < 1.29 is 4.79 Å². The first kappa shape index (κ1) is 17.3. The normalized spacial score (nSPS) is 14.9. The highest BCUT2D eigenvalue weighted by Gasteiger charge is 2.22. The van der Waals surface area contributed by atoms with Crippen molar-refractivity contribution in [1.29, 1.82) is 5.26 Å². The van der Waals surface area contributed by atoms with Crippen LogP contribution in [0.25, 0.3) is 0 Å². The lowest BCUT2D eigenvalue weighted by atomic mass is 9.95. The zero-order valence-electron chi connectivity index (χ0n) is 15.0. The van der Waals surface area contributed by atoms with E-state index >= 15 is 0 Å². The van der Waals surface area contributed by atoms with Gasteiger partial charge in [-0.05, 0) is 57.0 Å². The van der Waals surface area contributed by atoms with E-state index in [1.165, 1.54) is 37.8 Å². The molecular formula is C21H25N3O. The Morgan fingerprint density at radius 2 is 1.88 bits per heavy atom. The fraction of sp³-hybridized carbons (Fsp3) is 0.429. The standard InChI is InChI=1S/C21H25N3O/c1-15-12-20(16(2)24(15)19-6-4-3-5-7-19)21(25)14-23-18-10-8-17(13-22)9-11-18/h8-12,19,23H,3-7,14H2,1-2H3. The molecule has 1 aliphatic carbocycles. The summed E-state index contributed by atoms with van der Waals surface area (Å²) in [6, 6.07) is 11.8. The number of anilines is 1. The van der Waals surface area contributed by atoms with Crippen molar-refractivity contribution in [1.82, 2.24) is 4.57 Å². The number of carbonyl (C=O) groups is 1. The van der Waals surface area contributed by atoms with E-state index in [2.05, 4.69) is 29.8 Å². The summed E-state index contributed by atoms with van der Waals surface area (Å²) in [5.41, 5.74) is 4.58. The van der Waals surface area contributed by atoms with Gasteiger partial charge >= 0.3 is 0 Å². The molecule has 1 aromatic heterocycles. The van der Waals surface area contributed by atoms with Crippen molar-refractivity contribution in [3.05, 3.63) is 52.8 Å². The maximum absolute atomic E-state index is 12.7. The maximum Gasteiger partial charge on any atom is 0.183 e. The highest BCUT2D eigenvalue weighted by atomic mass is 16.1. The van der Waals surface area contributed by atoms with E-state index in [0.29, 0.717) is 11.6 Å². The van der Waals surface area contributed by atoms with Gasteiger partial charge in [0, 0.05) is 28.7 Å². The van der Waals surface area contributed by atoms with Crippen molar-refractivity contribution in [3.8, 4) is 6.07 Å². The van der Waals surface area contributed by atoms with E-state index in [4.69, 9.17) is 5.26 Å². The van der Waals surface area contributed by atoms with Gasteiger partial charge in [-0.2, -0.15) is 5.26 Å². The van der Waals surface area contributed by atoms with Gasteiger partial charge in [0.1, 0.15) is 0 Å². The monoisotopic (exact) mass is 335 g/mol. The van der Waals surface area contributed by atoms with E-state index in [9.17, 15) is 4.79 Å². The molecule has 0 unspecified atom stereocenters. The Morgan fingerprint density at radius 3 is 2.52 bits per heavy atom. The smallest absolute Gasteiger partial charge is 0.183 e. The molecule has 2 aromatic rings. The molecule has 1 heterocycles. The van der Waals surface area contributed by atoms with Crippen LogP contribution in [0, 0.1) is 25.2 Å². The van der Waals surface area contributed by atoms with Gasteiger partial charge in [-0.1, -0.05) is 19.3 Å². The van der Waals surface area contributed by atoms with Crippen LogP contribution in [-0.4, -0.2) is 16.9 Å². The summed E-state index contributed by atoms with van der Waals surface area (Å²) >= 11 is 0. The van der Waals surface area contributed by atoms with Crippen LogP contribution >= 0.6 is 0 Å². The Balaban J connectivity index is 1.70. The minimum atomic E-state index is 0.111. The number of carbonyl (C=O) groups excluding carboxylic acids is 1. The van der Waals surface area contributed by atoms with E-state index < -0.39 is 0 Å². The van der Waals surface area contributed by atoms with Gasteiger partial charge in [-0.15, -0.1) is 0 Å². The fourth-order valence-corrected chi connectivity index (χ4v) is 3.90. The van der Waals surface area contributed by atoms with Crippen molar-refractivity contribution in [3.63, 3.8) is 0 Å². The molecule has 1 aliphatic rings. The summed E-state index contributed by atoms with van der Waals surface area (Å²) < 4.78 is 2.37. The van der Waals surface area contributed by atoms with Gasteiger partial charge in [0.15, 0.2) is 5.78 Å². The number of Topliss-reactive ketones (excluding diaryl/α,β-unsaturated/α-hetero) is 1. The van der Waals surface area contributed by atoms with E-state index in [1.54, 1.807) is 12.1 Å². The van der Waals surface area contributed by atoms with Gasteiger partial charge < -0.3 is 9.88 Å². The SMILES string of the molecule is Cc1cc(C(=O)CNc2ccc(C#N)cc2)c(C)n1C1CCCCC1. The zero-order valence-corrected chi connectivity index (χ0v) is 15.0. The predicted octanol–water partition coefficient (Wildman–Crippen LogP) is 4.78. The molecule has 0 aliphatic heterocycles. The van der Waals surface area contributed by atoms with Crippen molar-refractivity contribution in [2.24, 2.45) is 0 Å². The molecule has 4 nitrogen and oxygen atoms in total. The third-order valence-corrected chi connectivity index (χ3v) is 5.19. The van der Waals surface area contributed by atoms with Crippen molar-refractivity contribution in [2.45, 2.75) is 52.0 Å². The summed E-state index contributed by atoms with van der Waals surface area (Å²) in [4.78, 5) is 12.7. The lowest BCUT2D eigenvalue weighted by molar-refractivity contribution is 0.101. The molecule has 3 rings (SSSR count). The summed E-state index contributed by atoms with van der Waals surface area (Å²) in [5.74, 6) is 0.111. The molecule has 0 spiro atoms. The molecule has 1 aromatic carbocycles. The van der Waals surface area contributed by atoms with Gasteiger partial charge in [-0.3, -0.25) is 4.79 Å². The summed E-state index contributed by atoms with van der Waals surface area (Å²) in [6.07, 6.45) is 6.33. The first-order chi connectivity index (χ1) is 12.1. The van der Waals surface area contributed by atoms with Crippen molar-refractivity contribution >= 4 is 11.5 Å². The Labute approximate surface area is 149 Å². The molecule has 25 heavy (non-hydrogen) atoms. The molecule has 1 N–H and O–H groups in total. The topological polar surface area (TPSA) is 57.8 Å². The van der Waals surface area contributed by atoms with Crippen LogP contribution in [-0.2, 0) is 0 Å². The van der Waals surface area contributed by atoms with Crippen molar-refractivity contribution in [2.75, 3.05) is 11.9 Å². The molecule has 1 fully saturated rings. The summed E-state index contributed by atoms with van der Waals surface area (Å²) in [6.45, 7) is 4.43. The summed E-state index contributed by atoms with van der Waals surface area (Å²) in [7, 11) is 0. The number of hydrogen-bond acceptors (Lipinski definition) is 3. The maximum atomic E-state index is 12.7.